The first kappa shape index (κ1) is 21.5. The van der Waals surface area contributed by atoms with E-state index in [0.29, 0.717) is 16.6 Å². The van der Waals surface area contributed by atoms with Gasteiger partial charge in [0.25, 0.3) is 0 Å². The van der Waals surface area contributed by atoms with Crippen molar-refractivity contribution in [3.63, 3.8) is 0 Å². The monoisotopic (exact) mass is 425 g/mol. The van der Waals surface area contributed by atoms with Crippen molar-refractivity contribution in [2.45, 2.75) is 25.6 Å². The number of pyridine rings is 1. The van der Waals surface area contributed by atoms with Gasteiger partial charge in [-0.05, 0) is 45.8 Å². The van der Waals surface area contributed by atoms with E-state index in [1.807, 2.05) is 0 Å². The lowest BCUT2D eigenvalue weighted by Gasteiger charge is -2.34. The summed E-state index contributed by atoms with van der Waals surface area (Å²) in [5, 5.41) is 3.67. The van der Waals surface area contributed by atoms with Crippen molar-refractivity contribution in [1.82, 2.24) is 19.7 Å². The molecule has 5 nitrogen and oxygen atoms in total. The fourth-order valence-corrected chi connectivity index (χ4v) is 3.50. The van der Waals surface area contributed by atoms with Crippen molar-refractivity contribution in [1.29, 1.82) is 0 Å². The zero-order valence-corrected chi connectivity index (χ0v) is 17.1. The highest BCUT2D eigenvalue weighted by Crippen LogP contribution is 2.29. The van der Waals surface area contributed by atoms with Crippen LogP contribution < -0.4 is 4.90 Å². The quantitative estimate of drug-likeness (QED) is 0.548. The highest BCUT2D eigenvalue weighted by atomic mass is 35.5. The molecular weight excluding hydrogens is 403 g/mol. The van der Waals surface area contributed by atoms with Crippen LogP contribution in [0, 0.1) is 17.8 Å². The van der Waals surface area contributed by atoms with Crippen molar-refractivity contribution >= 4 is 17.3 Å². The summed E-state index contributed by atoms with van der Waals surface area (Å²) >= 11 is 6.09. The summed E-state index contributed by atoms with van der Waals surface area (Å²) in [5.74, 6) is 6.36. The first-order chi connectivity index (χ1) is 13.7. The fourth-order valence-electron chi connectivity index (χ4n) is 3.35. The van der Waals surface area contributed by atoms with Gasteiger partial charge in [0.1, 0.15) is 5.15 Å². The summed E-state index contributed by atoms with van der Waals surface area (Å²) in [6, 6.07) is 1.77. The zero-order valence-electron chi connectivity index (χ0n) is 16.4. The molecule has 0 saturated carbocycles. The maximum atomic E-state index is 12.7. The third kappa shape index (κ3) is 5.87. The highest BCUT2D eigenvalue weighted by Gasteiger charge is 2.31. The van der Waals surface area contributed by atoms with E-state index in [0.717, 1.165) is 50.6 Å². The smallest absolute Gasteiger partial charge is 0.370 e. The molecule has 3 heterocycles. The first-order valence-corrected chi connectivity index (χ1v) is 9.79. The Morgan fingerprint density at radius 1 is 1.21 bits per heavy atom. The average molecular weight is 426 g/mol. The van der Waals surface area contributed by atoms with Gasteiger partial charge in [0, 0.05) is 31.5 Å². The van der Waals surface area contributed by atoms with Crippen molar-refractivity contribution in [2.24, 2.45) is 5.92 Å². The summed E-state index contributed by atoms with van der Waals surface area (Å²) in [7, 11) is 4.16. The van der Waals surface area contributed by atoms with E-state index in [9.17, 15) is 13.2 Å². The average Bonchev–Trinajstić information content (AvgIpc) is 3.15. The Hall–Kier alpha value is -2.24. The van der Waals surface area contributed by atoms with Crippen LogP contribution in [0.1, 0.15) is 30.4 Å². The first-order valence-electron chi connectivity index (χ1n) is 9.41. The summed E-state index contributed by atoms with van der Waals surface area (Å²) < 4.78 is 37.9. The van der Waals surface area contributed by atoms with Gasteiger partial charge >= 0.3 is 6.30 Å². The van der Waals surface area contributed by atoms with E-state index in [1.54, 1.807) is 12.3 Å². The van der Waals surface area contributed by atoms with Crippen LogP contribution in [0.15, 0.2) is 24.7 Å². The van der Waals surface area contributed by atoms with Gasteiger partial charge < -0.3 is 9.80 Å². The van der Waals surface area contributed by atoms with Gasteiger partial charge in [0.15, 0.2) is 0 Å². The molecule has 0 bridgehead atoms. The molecule has 3 rings (SSSR count). The van der Waals surface area contributed by atoms with E-state index in [4.69, 9.17) is 11.6 Å². The predicted molar refractivity (Wildman–Crippen MR) is 107 cm³/mol. The number of hydrogen-bond donors (Lipinski definition) is 0. The van der Waals surface area contributed by atoms with Gasteiger partial charge in [0.05, 0.1) is 23.0 Å². The summed E-state index contributed by atoms with van der Waals surface area (Å²) in [5.41, 5.74) is 1.69. The molecular formula is C20H23ClF3N5. The molecule has 0 spiro atoms. The molecule has 156 valence electrons. The Morgan fingerprint density at radius 2 is 1.93 bits per heavy atom. The van der Waals surface area contributed by atoms with E-state index in [2.05, 4.69) is 45.8 Å². The van der Waals surface area contributed by atoms with E-state index in [-0.39, 0.29) is 10.2 Å². The minimum atomic E-state index is -4.55. The molecule has 0 atom stereocenters. The largest absolute Gasteiger partial charge is 0.504 e. The molecule has 1 aliphatic heterocycles. The van der Waals surface area contributed by atoms with Crippen LogP contribution in [0.5, 0.6) is 0 Å². The molecule has 9 heteroatoms. The normalized spacial score (nSPS) is 15.5. The standard InChI is InChI=1S/C20H23ClF3N5/c1-27(2)8-5-15-6-9-28(10-7-15)18-11-19(21)25-13-17(18)4-3-16-12-26-29(14-16)20(22,23)24/h11-15H,5-10H2,1-2H3. The van der Waals surface area contributed by atoms with Gasteiger partial charge in [-0.3, -0.25) is 0 Å². The minimum absolute atomic E-state index is 0.0590. The van der Waals surface area contributed by atoms with E-state index >= 15 is 0 Å². The number of aromatic nitrogens is 3. The molecule has 0 amide bonds. The molecule has 1 fully saturated rings. The molecule has 2 aromatic rings. The lowest BCUT2D eigenvalue weighted by atomic mass is 9.93. The number of alkyl halides is 3. The molecule has 1 aliphatic rings. The van der Waals surface area contributed by atoms with Gasteiger partial charge in [-0.2, -0.15) is 9.78 Å². The highest BCUT2D eigenvalue weighted by molar-refractivity contribution is 6.29. The Morgan fingerprint density at radius 3 is 2.55 bits per heavy atom. The molecule has 0 radical (unpaired) electrons. The lowest BCUT2D eigenvalue weighted by molar-refractivity contribution is -0.212. The van der Waals surface area contributed by atoms with Crippen LogP contribution >= 0.6 is 11.6 Å². The Bertz CT molecular complexity index is 889. The van der Waals surface area contributed by atoms with E-state index < -0.39 is 6.30 Å². The minimum Gasteiger partial charge on any atom is -0.370 e. The molecule has 0 aliphatic carbocycles. The number of piperidine rings is 1. The number of hydrogen-bond acceptors (Lipinski definition) is 4. The Balaban J connectivity index is 1.74. The predicted octanol–water partition coefficient (Wildman–Crippen LogP) is 3.98. The van der Waals surface area contributed by atoms with Crippen LogP contribution in [0.25, 0.3) is 0 Å². The van der Waals surface area contributed by atoms with Gasteiger partial charge in [-0.1, -0.05) is 23.4 Å². The maximum absolute atomic E-state index is 12.7. The van der Waals surface area contributed by atoms with Crippen molar-refractivity contribution in [2.75, 3.05) is 38.6 Å². The summed E-state index contributed by atoms with van der Waals surface area (Å²) in [6.45, 7) is 2.85. The van der Waals surface area contributed by atoms with Crippen LogP contribution in [0.2, 0.25) is 5.15 Å². The second-order valence-corrected chi connectivity index (χ2v) is 7.83. The van der Waals surface area contributed by atoms with Gasteiger partial charge in [-0.15, -0.1) is 13.2 Å². The molecule has 29 heavy (non-hydrogen) atoms. The van der Waals surface area contributed by atoms with Crippen molar-refractivity contribution in [3.8, 4) is 11.8 Å². The number of rotatable bonds is 4. The molecule has 0 N–H and O–H groups in total. The topological polar surface area (TPSA) is 37.2 Å². The van der Waals surface area contributed by atoms with Gasteiger partial charge in [-0.25, -0.2) is 4.98 Å². The molecule has 1 saturated heterocycles. The Kier molecular flexibility index (Phi) is 6.70. The molecule has 2 aromatic heterocycles. The second-order valence-electron chi connectivity index (χ2n) is 7.44. The van der Waals surface area contributed by atoms with Crippen LogP contribution in [0.4, 0.5) is 18.9 Å². The second kappa shape index (κ2) is 9.06. The van der Waals surface area contributed by atoms with E-state index in [1.165, 1.54) is 6.42 Å². The molecule has 0 unspecified atom stereocenters. The SMILES string of the molecule is CN(C)CCC1CCN(c2cc(Cl)ncc2C#Cc2cnn(C(F)(F)F)c2)CC1. The van der Waals surface area contributed by atoms with Crippen LogP contribution in [0.3, 0.4) is 0 Å². The van der Waals surface area contributed by atoms with Crippen LogP contribution in [-0.4, -0.2) is 53.4 Å². The molecule has 0 aromatic carbocycles. The zero-order chi connectivity index (χ0) is 21.0. The number of nitrogens with zero attached hydrogens (tertiary/aromatic N) is 5. The summed E-state index contributed by atoms with van der Waals surface area (Å²) in [6.07, 6.45) is 2.32. The maximum Gasteiger partial charge on any atom is 0.504 e. The third-order valence-corrected chi connectivity index (χ3v) is 5.18. The van der Waals surface area contributed by atoms with Crippen molar-refractivity contribution < 1.29 is 13.2 Å². The fraction of sp³-hybridized carbons (Fsp3) is 0.500. The Labute approximate surface area is 173 Å². The van der Waals surface area contributed by atoms with Crippen LogP contribution in [-0.2, 0) is 6.30 Å². The summed E-state index contributed by atoms with van der Waals surface area (Å²) in [4.78, 5) is 8.51. The third-order valence-electron chi connectivity index (χ3n) is 4.97. The van der Waals surface area contributed by atoms with Crippen molar-refractivity contribution in [3.05, 3.63) is 40.9 Å². The number of halogens is 4. The number of anilines is 1. The lowest BCUT2D eigenvalue weighted by Crippen LogP contribution is -2.35. The van der Waals surface area contributed by atoms with Gasteiger partial charge in [0.2, 0.25) is 0 Å².